The Morgan fingerprint density at radius 2 is 0.458 bits per heavy atom. The van der Waals surface area contributed by atoms with Crippen molar-refractivity contribution in [2.45, 2.75) is 186 Å². The van der Waals surface area contributed by atoms with Crippen molar-refractivity contribution in [3.8, 4) is 0 Å². The standard InChI is InChI=1S/C56H84OSi2/c1-49(2,3)37-53(13,14)41-29-21-25-33-45(41)58(46-34-26-22-30-42(46)54(15,16)38-50(4,5)6)57-59(47-35-27-23-31-43(47)55(17,18)39-51(7,8)9)48-36-28-24-32-44(48)56(19,20)40-52(10,11)12/h21-36H,37-40H2,1-20H3. The van der Waals surface area contributed by atoms with E-state index in [-0.39, 0.29) is 43.3 Å². The van der Waals surface area contributed by atoms with Crippen molar-refractivity contribution in [1.82, 2.24) is 0 Å². The van der Waals surface area contributed by atoms with Crippen molar-refractivity contribution < 1.29 is 4.12 Å². The van der Waals surface area contributed by atoms with Crippen LogP contribution in [0.1, 0.15) is 186 Å². The third-order valence-electron chi connectivity index (χ3n) is 11.7. The Bertz CT molecular complexity index is 1710. The van der Waals surface area contributed by atoms with Gasteiger partial charge in [-0.3, -0.25) is 0 Å². The van der Waals surface area contributed by atoms with E-state index in [9.17, 15) is 0 Å². The minimum Gasteiger partial charge on any atom is -0.442 e. The van der Waals surface area contributed by atoms with Gasteiger partial charge in [-0.15, -0.1) is 0 Å². The molecule has 0 saturated carbocycles. The Balaban J connectivity index is 2.19. The normalized spacial score (nSPS) is 14.1. The van der Waals surface area contributed by atoms with Crippen LogP contribution in [0.4, 0.5) is 0 Å². The Hall–Kier alpha value is -2.73. The molecule has 0 aliphatic rings. The van der Waals surface area contributed by atoms with Crippen LogP contribution in [0.15, 0.2) is 97.1 Å². The zero-order valence-corrected chi connectivity index (χ0v) is 43.5. The van der Waals surface area contributed by atoms with Crippen LogP contribution in [0.3, 0.4) is 0 Å². The van der Waals surface area contributed by atoms with Crippen LogP contribution < -0.4 is 20.7 Å². The van der Waals surface area contributed by atoms with Gasteiger partial charge in [0, 0.05) is 0 Å². The summed E-state index contributed by atoms with van der Waals surface area (Å²) in [5.74, 6) is 0. The van der Waals surface area contributed by atoms with Crippen molar-refractivity contribution in [3.63, 3.8) is 0 Å². The van der Waals surface area contributed by atoms with E-state index in [2.05, 4.69) is 236 Å². The Morgan fingerprint density at radius 1 is 0.288 bits per heavy atom. The highest BCUT2D eigenvalue weighted by atomic mass is 28.4. The summed E-state index contributed by atoms with van der Waals surface area (Å²) in [4.78, 5) is 0. The molecule has 4 aromatic carbocycles. The molecule has 322 valence electrons. The van der Waals surface area contributed by atoms with Gasteiger partial charge in [0.2, 0.25) is 0 Å². The molecule has 2 radical (unpaired) electrons. The van der Waals surface area contributed by atoms with Crippen molar-refractivity contribution in [1.29, 1.82) is 0 Å². The second-order valence-electron chi connectivity index (χ2n) is 25.4. The first-order chi connectivity index (χ1) is 26.7. The van der Waals surface area contributed by atoms with E-state index in [1.54, 1.807) is 0 Å². The summed E-state index contributed by atoms with van der Waals surface area (Å²) in [6.07, 6.45) is 4.31. The molecule has 0 atom stereocenters. The lowest BCUT2D eigenvalue weighted by atomic mass is 9.72. The third kappa shape index (κ3) is 13.1. The predicted octanol–water partition coefficient (Wildman–Crippen LogP) is 13.5. The fourth-order valence-corrected chi connectivity index (χ4v) is 18.2. The first-order valence-corrected chi connectivity index (χ1v) is 25.4. The molecule has 0 N–H and O–H groups in total. The van der Waals surface area contributed by atoms with E-state index in [0.717, 1.165) is 25.7 Å². The highest BCUT2D eigenvalue weighted by Gasteiger charge is 2.42. The fourth-order valence-electron chi connectivity index (χ4n) is 11.4. The lowest BCUT2D eigenvalue weighted by Gasteiger charge is -2.40. The lowest BCUT2D eigenvalue weighted by Crippen LogP contribution is -2.60. The Labute approximate surface area is 368 Å². The summed E-state index contributed by atoms with van der Waals surface area (Å²) >= 11 is 0. The molecule has 0 aliphatic carbocycles. The molecule has 0 bridgehead atoms. The minimum atomic E-state index is -1.87. The summed E-state index contributed by atoms with van der Waals surface area (Å²) in [5.41, 5.74) is 6.14. The van der Waals surface area contributed by atoms with Crippen LogP contribution in [0, 0.1) is 21.7 Å². The minimum absolute atomic E-state index is 0.0594. The summed E-state index contributed by atoms with van der Waals surface area (Å²) in [6, 6.07) is 37.6. The fraction of sp³-hybridized carbons (Fsp3) is 0.571. The van der Waals surface area contributed by atoms with Crippen LogP contribution in [0.25, 0.3) is 0 Å². The average molecular weight is 829 g/mol. The van der Waals surface area contributed by atoms with E-state index >= 15 is 0 Å². The summed E-state index contributed by atoms with van der Waals surface area (Å²) in [7, 11) is -3.75. The molecular formula is C56H84OSi2. The first-order valence-electron chi connectivity index (χ1n) is 22.5. The van der Waals surface area contributed by atoms with Gasteiger partial charge in [0.05, 0.1) is 0 Å². The molecule has 0 fully saturated rings. The van der Waals surface area contributed by atoms with Gasteiger partial charge >= 0.3 is 0 Å². The molecule has 59 heavy (non-hydrogen) atoms. The summed E-state index contributed by atoms with van der Waals surface area (Å²) in [5, 5.41) is 5.58. The molecule has 4 rings (SSSR count). The van der Waals surface area contributed by atoms with Crippen molar-refractivity contribution in [2.75, 3.05) is 0 Å². The van der Waals surface area contributed by atoms with Crippen LogP contribution in [0.2, 0.25) is 0 Å². The van der Waals surface area contributed by atoms with E-state index < -0.39 is 18.1 Å². The third-order valence-corrected chi connectivity index (χ3v) is 17.0. The first kappa shape index (κ1) is 48.9. The van der Waals surface area contributed by atoms with Gasteiger partial charge in [-0.1, -0.05) is 236 Å². The second kappa shape index (κ2) is 17.6. The van der Waals surface area contributed by atoms with E-state index in [1.807, 2.05) is 0 Å². The van der Waals surface area contributed by atoms with Crippen LogP contribution in [0.5, 0.6) is 0 Å². The molecule has 0 saturated heterocycles. The van der Waals surface area contributed by atoms with Crippen molar-refractivity contribution >= 4 is 38.8 Å². The molecule has 4 aromatic rings. The van der Waals surface area contributed by atoms with Gasteiger partial charge in [-0.25, -0.2) is 0 Å². The average Bonchev–Trinajstić information content (AvgIpc) is 3.05. The van der Waals surface area contributed by atoms with Gasteiger partial charge in [0.15, 0.2) is 0 Å². The molecular weight excluding hydrogens is 745 g/mol. The number of rotatable bonds is 14. The zero-order chi connectivity index (χ0) is 44.6. The quantitative estimate of drug-likeness (QED) is 0.115. The SMILES string of the molecule is CC(C)(C)CC(C)(C)c1ccccc1[Si](O[Si](c1ccccc1C(C)(C)CC(C)(C)C)c1ccccc1C(C)(C)CC(C)(C)C)c1ccccc1C(C)(C)CC(C)(C)C. The van der Waals surface area contributed by atoms with Crippen molar-refractivity contribution in [2.24, 2.45) is 21.7 Å². The highest BCUT2D eigenvalue weighted by molar-refractivity contribution is 6.92. The van der Waals surface area contributed by atoms with Crippen LogP contribution in [-0.2, 0) is 25.8 Å². The molecule has 0 aromatic heterocycles. The molecule has 1 nitrogen and oxygen atoms in total. The van der Waals surface area contributed by atoms with E-state index in [0.29, 0.717) is 0 Å². The predicted molar refractivity (Wildman–Crippen MR) is 265 cm³/mol. The van der Waals surface area contributed by atoms with Crippen LogP contribution in [-0.4, -0.2) is 18.1 Å². The van der Waals surface area contributed by atoms with E-state index in [4.69, 9.17) is 4.12 Å². The lowest BCUT2D eigenvalue weighted by molar-refractivity contribution is 0.284. The number of hydrogen-bond donors (Lipinski definition) is 0. The number of benzene rings is 4. The van der Waals surface area contributed by atoms with Gasteiger partial charge in [-0.05, 0) is 112 Å². The molecule has 3 heteroatoms. The Morgan fingerprint density at radius 3 is 0.627 bits per heavy atom. The second-order valence-corrected chi connectivity index (χ2v) is 29.7. The Kier molecular flexibility index (Phi) is 14.6. The van der Waals surface area contributed by atoms with Gasteiger partial charge in [0.25, 0.3) is 18.1 Å². The molecule has 0 heterocycles. The molecule has 0 spiro atoms. The van der Waals surface area contributed by atoms with Crippen LogP contribution >= 0.6 is 0 Å². The highest BCUT2D eigenvalue weighted by Crippen LogP contribution is 2.40. The summed E-state index contributed by atoms with van der Waals surface area (Å²) in [6.45, 7) is 48.4. The maximum Gasteiger partial charge on any atom is 0.273 e. The molecule has 0 unspecified atom stereocenters. The van der Waals surface area contributed by atoms with Gasteiger partial charge in [0.1, 0.15) is 0 Å². The molecule has 0 amide bonds. The van der Waals surface area contributed by atoms with Gasteiger partial charge < -0.3 is 4.12 Å². The topological polar surface area (TPSA) is 9.23 Å². The maximum absolute atomic E-state index is 8.46. The largest absolute Gasteiger partial charge is 0.442 e. The van der Waals surface area contributed by atoms with Crippen molar-refractivity contribution in [3.05, 3.63) is 119 Å². The van der Waals surface area contributed by atoms with E-state index in [1.165, 1.54) is 43.0 Å². The zero-order valence-electron chi connectivity index (χ0n) is 41.5. The number of hydrogen-bond acceptors (Lipinski definition) is 1. The maximum atomic E-state index is 8.46. The monoisotopic (exact) mass is 829 g/mol. The van der Waals surface area contributed by atoms with Gasteiger partial charge in [-0.2, -0.15) is 0 Å². The smallest absolute Gasteiger partial charge is 0.273 e. The summed E-state index contributed by atoms with van der Waals surface area (Å²) < 4.78 is 8.46. The molecule has 0 aliphatic heterocycles.